The van der Waals surface area contributed by atoms with Gasteiger partial charge in [0, 0.05) is 13.1 Å². The number of thiophene rings is 1. The van der Waals surface area contributed by atoms with Crippen molar-refractivity contribution in [3.05, 3.63) is 17.5 Å². The summed E-state index contributed by atoms with van der Waals surface area (Å²) in [5.74, 6) is 0. The number of carbonyl (C=O) groups is 1. The molecule has 1 heterocycles. The second-order valence-corrected chi connectivity index (χ2v) is 3.09. The first-order chi connectivity index (χ1) is 5.83. The smallest absolute Gasteiger partial charge is 0.319 e. The number of halogens is 1. The molecule has 0 aliphatic rings. The summed E-state index contributed by atoms with van der Waals surface area (Å²) >= 11 is 1.48. The number of carbonyl (C=O) groups excluding carboxylic acids is 1. The van der Waals surface area contributed by atoms with Gasteiger partial charge in [-0.3, -0.25) is 5.32 Å². The maximum atomic E-state index is 11.0. The topological polar surface area (TPSA) is 67.1 Å². The fourth-order valence-electron chi connectivity index (χ4n) is 0.691. The number of hydrogen-bond donors (Lipinski definition) is 3. The van der Waals surface area contributed by atoms with Crippen LogP contribution in [0.15, 0.2) is 17.5 Å². The first-order valence-corrected chi connectivity index (χ1v) is 4.49. The Balaban J connectivity index is 0.00000144. The van der Waals surface area contributed by atoms with E-state index < -0.39 is 0 Å². The van der Waals surface area contributed by atoms with Gasteiger partial charge in [-0.1, -0.05) is 0 Å². The van der Waals surface area contributed by atoms with Gasteiger partial charge in [0.1, 0.15) is 0 Å². The Bertz CT molecular complexity index is 240. The molecular weight excluding hydrogens is 210 g/mol. The van der Waals surface area contributed by atoms with Crippen molar-refractivity contribution in [2.45, 2.75) is 0 Å². The Morgan fingerprint density at radius 3 is 2.92 bits per heavy atom. The van der Waals surface area contributed by atoms with Gasteiger partial charge in [-0.15, -0.1) is 23.7 Å². The average Bonchev–Trinajstić information content (AvgIpc) is 2.53. The number of hydrogen-bond acceptors (Lipinski definition) is 3. The van der Waals surface area contributed by atoms with E-state index in [1.54, 1.807) is 0 Å². The third kappa shape index (κ3) is 4.72. The zero-order chi connectivity index (χ0) is 8.81. The third-order valence-electron chi connectivity index (χ3n) is 1.19. The van der Waals surface area contributed by atoms with E-state index in [9.17, 15) is 4.79 Å². The van der Waals surface area contributed by atoms with Crippen LogP contribution in [0.4, 0.5) is 9.80 Å². The normalized spacial score (nSPS) is 8.69. The zero-order valence-corrected chi connectivity index (χ0v) is 8.58. The molecule has 0 unspecified atom stereocenters. The molecule has 1 rings (SSSR count). The zero-order valence-electron chi connectivity index (χ0n) is 6.95. The monoisotopic (exact) mass is 221 g/mol. The van der Waals surface area contributed by atoms with E-state index in [2.05, 4.69) is 10.6 Å². The second-order valence-electron chi connectivity index (χ2n) is 2.15. The van der Waals surface area contributed by atoms with E-state index >= 15 is 0 Å². The van der Waals surface area contributed by atoms with Crippen LogP contribution in [0, 0.1) is 0 Å². The second kappa shape index (κ2) is 6.71. The highest BCUT2D eigenvalue weighted by Gasteiger charge is 1.99. The van der Waals surface area contributed by atoms with Gasteiger partial charge in [0.15, 0.2) is 0 Å². The highest BCUT2D eigenvalue weighted by atomic mass is 35.5. The summed E-state index contributed by atoms with van der Waals surface area (Å²) in [4.78, 5) is 11.0. The number of nitrogens with one attached hydrogen (secondary N) is 2. The molecule has 1 aromatic rings. The third-order valence-corrected chi connectivity index (χ3v) is 1.97. The Morgan fingerprint density at radius 1 is 1.62 bits per heavy atom. The number of urea groups is 1. The summed E-state index contributed by atoms with van der Waals surface area (Å²) in [6.45, 7) is 0.953. The molecule has 13 heavy (non-hydrogen) atoms. The van der Waals surface area contributed by atoms with Crippen molar-refractivity contribution in [1.29, 1.82) is 0 Å². The lowest BCUT2D eigenvalue weighted by Gasteiger charge is -2.02. The molecule has 4 nitrogen and oxygen atoms in total. The fourth-order valence-corrected chi connectivity index (χ4v) is 1.30. The summed E-state index contributed by atoms with van der Waals surface area (Å²) in [6, 6.07) is 3.51. The number of anilines is 1. The Labute approximate surface area is 86.9 Å². The molecule has 4 N–H and O–H groups in total. The van der Waals surface area contributed by atoms with E-state index in [0.717, 1.165) is 5.00 Å². The molecule has 0 radical (unpaired) electrons. The molecule has 0 fully saturated rings. The van der Waals surface area contributed by atoms with Gasteiger partial charge in [0.05, 0.1) is 5.00 Å². The van der Waals surface area contributed by atoms with Gasteiger partial charge < -0.3 is 11.1 Å². The van der Waals surface area contributed by atoms with Crippen molar-refractivity contribution >= 4 is 34.8 Å². The summed E-state index contributed by atoms with van der Waals surface area (Å²) in [5, 5.41) is 8.01. The van der Waals surface area contributed by atoms with Crippen molar-refractivity contribution in [3.63, 3.8) is 0 Å². The van der Waals surface area contributed by atoms with E-state index in [-0.39, 0.29) is 18.4 Å². The summed E-state index contributed by atoms with van der Waals surface area (Å²) in [6.07, 6.45) is 0. The van der Waals surface area contributed by atoms with Crippen LogP contribution in [0.1, 0.15) is 0 Å². The molecule has 74 valence electrons. The minimum atomic E-state index is -0.206. The predicted octanol–water partition coefficient (Wildman–Crippen LogP) is 1.25. The maximum Gasteiger partial charge on any atom is 0.319 e. The van der Waals surface area contributed by atoms with Crippen molar-refractivity contribution in [3.8, 4) is 0 Å². The minimum absolute atomic E-state index is 0. The molecular formula is C7H12ClN3OS. The van der Waals surface area contributed by atoms with Crippen LogP contribution in [-0.2, 0) is 0 Å². The van der Waals surface area contributed by atoms with Crippen molar-refractivity contribution in [1.82, 2.24) is 5.32 Å². The minimum Gasteiger partial charge on any atom is -0.337 e. The molecule has 2 amide bonds. The molecule has 0 atom stereocenters. The average molecular weight is 222 g/mol. The molecule has 0 aromatic carbocycles. The lowest BCUT2D eigenvalue weighted by Crippen LogP contribution is -2.32. The Hall–Kier alpha value is -0.780. The van der Waals surface area contributed by atoms with Gasteiger partial charge >= 0.3 is 6.03 Å². The summed E-state index contributed by atoms with van der Waals surface area (Å²) < 4.78 is 0. The lowest BCUT2D eigenvalue weighted by molar-refractivity contribution is 0.252. The standard InChI is InChI=1S/C7H11N3OS.ClH/c8-3-4-9-7(11)10-6-2-1-5-12-6;/h1-2,5H,3-4,8H2,(H2,9,10,11);1H. The first kappa shape index (κ1) is 12.2. The van der Waals surface area contributed by atoms with Gasteiger partial charge in [0.25, 0.3) is 0 Å². The molecule has 1 aromatic heterocycles. The largest absolute Gasteiger partial charge is 0.337 e. The van der Waals surface area contributed by atoms with Gasteiger partial charge in [-0.05, 0) is 17.5 Å². The van der Waals surface area contributed by atoms with E-state index in [1.807, 2.05) is 17.5 Å². The van der Waals surface area contributed by atoms with Crippen LogP contribution in [0.5, 0.6) is 0 Å². The molecule has 6 heteroatoms. The van der Waals surface area contributed by atoms with Crippen LogP contribution in [0.25, 0.3) is 0 Å². The van der Waals surface area contributed by atoms with Crippen LogP contribution < -0.4 is 16.4 Å². The van der Waals surface area contributed by atoms with Crippen molar-refractivity contribution < 1.29 is 4.79 Å². The number of rotatable bonds is 3. The van der Waals surface area contributed by atoms with E-state index in [4.69, 9.17) is 5.73 Å². The van der Waals surface area contributed by atoms with Gasteiger partial charge in [-0.25, -0.2) is 4.79 Å². The van der Waals surface area contributed by atoms with E-state index in [0.29, 0.717) is 13.1 Å². The van der Waals surface area contributed by atoms with Gasteiger partial charge in [-0.2, -0.15) is 0 Å². The predicted molar refractivity (Wildman–Crippen MR) is 57.6 cm³/mol. The first-order valence-electron chi connectivity index (χ1n) is 3.61. The molecule has 0 saturated carbocycles. The summed E-state index contributed by atoms with van der Waals surface area (Å²) in [7, 11) is 0. The van der Waals surface area contributed by atoms with Crippen molar-refractivity contribution in [2.75, 3.05) is 18.4 Å². The highest BCUT2D eigenvalue weighted by Crippen LogP contribution is 2.14. The quantitative estimate of drug-likeness (QED) is 0.719. The number of amides is 2. The summed E-state index contributed by atoms with van der Waals surface area (Å²) in [5.41, 5.74) is 5.21. The Morgan fingerprint density at radius 2 is 2.38 bits per heavy atom. The SMILES string of the molecule is Cl.NCCNC(=O)Nc1cccs1. The molecule has 0 spiro atoms. The van der Waals surface area contributed by atoms with E-state index in [1.165, 1.54) is 11.3 Å². The fraction of sp³-hybridized carbons (Fsp3) is 0.286. The molecule has 0 aliphatic carbocycles. The van der Waals surface area contributed by atoms with Crippen LogP contribution in [-0.4, -0.2) is 19.1 Å². The highest BCUT2D eigenvalue weighted by molar-refractivity contribution is 7.14. The van der Waals surface area contributed by atoms with Crippen LogP contribution in [0.2, 0.25) is 0 Å². The molecule has 0 aliphatic heterocycles. The molecule has 0 saturated heterocycles. The maximum absolute atomic E-state index is 11.0. The Kier molecular flexibility index (Phi) is 6.30. The number of nitrogens with two attached hydrogens (primary N) is 1. The lowest BCUT2D eigenvalue weighted by atomic mass is 10.6. The van der Waals surface area contributed by atoms with Gasteiger partial charge in [0.2, 0.25) is 0 Å². The van der Waals surface area contributed by atoms with Crippen LogP contribution in [0.3, 0.4) is 0 Å². The van der Waals surface area contributed by atoms with Crippen LogP contribution >= 0.6 is 23.7 Å². The molecule has 0 bridgehead atoms. The van der Waals surface area contributed by atoms with Crippen molar-refractivity contribution in [2.24, 2.45) is 5.73 Å².